The molecule has 2 aliphatic rings. The van der Waals surface area contributed by atoms with Crippen LogP contribution >= 0.6 is 23.8 Å². The Morgan fingerprint density at radius 1 is 1.27 bits per heavy atom. The van der Waals surface area contributed by atoms with Gasteiger partial charge in [0, 0.05) is 17.6 Å². The molecule has 2 N–H and O–H groups in total. The number of nitrogens with one attached hydrogen (secondary N) is 2. The van der Waals surface area contributed by atoms with Gasteiger partial charge in [-0.3, -0.25) is 4.79 Å². The predicted octanol–water partition coefficient (Wildman–Crippen LogP) is 5.01. The number of carbonyl (C=O) groups excluding carboxylic acids is 1. The number of likely N-dealkylation sites (N-methyl/N-ethyl adjacent to an activating group) is 1. The van der Waals surface area contributed by atoms with Crippen LogP contribution in [0.2, 0.25) is 5.02 Å². The topological polar surface area (TPSA) is 66.0 Å². The third-order valence-corrected chi connectivity index (χ3v) is 6.04. The zero-order valence-corrected chi connectivity index (χ0v) is 20.3. The first kappa shape index (κ1) is 23.0. The molecule has 1 atom stereocenters. The molecule has 0 bridgehead atoms. The number of rotatable bonds is 4. The van der Waals surface area contributed by atoms with Gasteiger partial charge in [-0.15, -0.1) is 0 Å². The van der Waals surface area contributed by atoms with Crippen LogP contribution < -0.4 is 20.3 Å². The number of benzodiazepines with no additional fused rings is 1. The lowest BCUT2D eigenvalue weighted by atomic mass is 9.94. The number of anilines is 2. The van der Waals surface area contributed by atoms with Gasteiger partial charge in [-0.1, -0.05) is 35.9 Å². The number of hydrogen-bond donors (Lipinski definition) is 2. The van der Waals surface area contributed by atoms with E-state index < -0.39 is 6.17 Å². The van der Waals surface area contributed by atoms with Crippen LogP contribution in [0, 0.1) is 6.92 Å². The van der Waals surface area contributed by atoms with Crippen molar-refractivity contribution in [3.63, 3.8) is 0 Å². The molecule has 170 valence electrons. The van der Waals surface area contributed by atoms with Gasteiger partial charge in [0.05, 0.1) is 24.2 Å². The van der Waals surface area contributed by atoms with E-state index in [1.807, 2.05) is 49.4 Å². The van der Waals surface area contributed by atoms with E-state index in [2.05, 4.69) is 16.7 Å². The minimum absolute atomic E-state index is 0.221. The fraction of sp³-hybridized carbons (Fsp3) is 0.240. The van der Waals surface area contributed by atoms with Crippen LogP contribution in [-0.4, -0.2) is 37.1 Å². The van der Waals surface area contributed by atoms with Crippen molar-refractivity contribution in [3.05, 3.63) is 76.3 Å². The van der Waals surface area contributed by atoms with Crippen molar-refractivity contribution < 1.29 is 9.53 Å². The van der Waals surface area contributed by atoms with E-state index in [1.54, 1.807) is 25.1 Å². The maximum atomic E-state index is 13.4. The van der Waals surface area contributed by atoms with E-state index in [0.29, 0.717) is 16.5 Å². The van der Waals surface area contributed by atoms with Crippen molar-refractivity contribution >= 4 is 51.9 Å². The van der Waals surface area contributed by atoms with Gasteiger partial charge in [-0.25, -0.2) is 4.99 Å². The molecule has 1 aliphatic carbocycles. The number of thiocarbonyl (C=S) groups is 1. The summed E-state index contributed by atoms with van der Waals surface area (Å²) >= 11 is 11.9. The van der Waals surface area contributed by atoms with Crippen LogP contribution in [0.25, 0.3) is 0 Å². The first-order valence-electron chi connectivity index (χ1n) is 10.6. The Kier molecular flexibility index (Phi) is 6.81. The molecule has 0 saturated heterocycles. The molecular weight excluding hydrogens is 456 g/mol. The highest BCUT2D eigenvalue weighted by Gasteiger charge is 2.31. The summed E-state index contributed by atoms with van der Waals surface area (Å²) < 4.78 is 5.42. The summed E-state index contributed by atoms with van der Waals surface area (Å²) in [5, 5.41) is 7.08. The maximum Gasteiger partial charge on any atom is 0.272 e. The summed E-state index contributed by atoms with van der Waals surface area (Å²) in [6, 6.07) is 11.2. The molecule has 1 amide bonds. The summed E-state index contributed by atoms with van der Waals surface area (Å²) in [5.74, 6) is 0.431. The van der Waals surface area contributed by atoms with Gasteiger partial charge in [-0.2, -0.15) is 0 Å². The molecule has 1 unspecified atom stereocenters. The van der Waals surface area contributed by atoms with Crippen molar-refractivity contribution in [2.45, 2.75) is 25.9 Å². The van der Waals surface area contributed by atoms with E-state index >= 15 is 0 Å². The summed E-state index contributed by atoms with van der Waals surface area (Å²) in [6.07, 6.45) is 7.00. The molecule has 0 fully saturated rings. The standard InChI is InChI=1S/C25H25ClN4O2S/c1-15-9-12-21(32-3)19(13-15)27-25(33)29-23-24(31)30(2)20-11-10-17(26)14-18(20)22(28-23)16-7-5-4-6-8-16/h4-5,7,9-14,23H,6,8H2,1-3H3,(H2,27,29,33). The number of benzene rings is 2. The zero-order valence-electron chi connectivity index (χ0n) is 18.7. The SMILES string of the molecule is COc1ccc(C)cc1NC(=S)NC1N=C(C2=CC=CCC2)c2cc(Cl)ccc2N(C)C1=O. The van der Waals surface area contributed by atoms with Gasteiger partial charge < -0.3 is 20.3 Å². The fourth-order valence-corrected chi connectivity index (χ4v) is 4.29. The van der Waals surface area contributed by atoms with Gasteiger partial charge in [0.25, 0.3) is 5.91 Å². The normalized spacial score (nSPS) is 17.5. The quantitative estimate of drug-likeness (QED) is 0.602. The van der Waals surface area contributed by atoms with E-state index in [9.17, 15) is 4.79 Å². The Morgan fingerprint density at radius 3 is 2.82 bits per heavy atom. The van der Waals surface area contributed by atoms with E-state index in [-0.39, 0.29) is 11.0 Å². The molecule has 2 aromatic carbocycles. The monoisotopic (exact) mass is 480 g/mol. The Bertz CT molecular complexity index is 1200. The minimum atomic E-state index is -0.904. The van der Waals surface area contributed by atoms with Crippen molar-refractivity contribution in [1.29, 1.82) is 0 Å². The smallest absolute Gasteiger partial charge is 0.272 e. The highest BCUT2D eigenvalue weighted by molar-refractivity contribution is 7.80. The van der Waals surface area contributed by atoms with Gasteiger partial charge >= 0.3 is 0 Å². The number of carbonyl (C=O) groups is 1. The molecule has 1 heterocycles. The number of methoxy groups -OCH3 is 1. The van der Waals surface area contributed by atoms with E-state index in [1.165, 1.54) is 0 Å². The second-order valence-corrected chi connectivity index (χ2v) is 8.74. The summed E-state index contributed by atoms with van der Waals surface area (Å²) in [5.41, 5.74) is 5.13. The van der Waals surface area contributed by atoms with Gasteiger partial charge in [0.2, 0.25) is 6.17 Å². The Labute approximate surface area is 204 Å². The van der Waals surface area contributed by atoms with Crippen LogP contribution in [0.15, 0.2) is 65.2 Å². The molecule has 0 aromatic heterocycles. The van der Waals surface area contributed by atoms with Crippen LogP contribution in [0.1, 0.15) is 24.0 Å². The average molecular weight is 481 g/mol. The molecule has 33 heavy (non-hydrogen) atoms. The summed E-state index contributed by atoms with van der Waals surface area (Å²) in [4.78, 5) is 19.8. The summed E-state index contributed by atoms with van der Waals surface area (Å²) in [7, 11) is 3.33. The third-order valence-electron chi connectivity index (χ3n) is 5.59. The highest BCUT2D eigenvalue weighted by atomic mass is 35.5. The molecule has 2 aromatic rings. The first-order valence-corrected chi connectivity index (χ1v) is 11.4. The zero-order chi connectivity index (χ0) is 23.5. The van der Waals surface area contributed by atoms with E-state index in [4.69, 9.17) is 33.5 Å². The number of amides is 1. The molecule has 8 heteroatoms. The van der Waals surface area contributed by atoms with Crippen LogP contribution in [0.5, 0.6) is 5.75 Å². The second kappa shape index (κ2) is 9.77. The Morgan fingerprint density at radius 2 is 2.09 bits per heavy atom. The number of fused-ring (bicyclic) bond motifs is 1. The van der Waals surface area contributed by atoms with Crippen LogP contribution in [-0.2, 0) is 4.79 Å². The predicted molar refractivity (Wildman–Crippen MR) is 139 cm³/mol. The van der Waals surface area contributed by atoms with Gasteiger partial charge in [-0.05, 0) is 73.5 Å². The van der Waals surface area contributed by atoms with E-state index in [0.717, 1.165) is 40.9 Å². The second-order valence-electron chi connectivity index (χ2n) is 7.90. The number of allylic oxidation sites excluding steroid dienone is 4. The first-order chi connectivity index (χ1) is 15.9. The van der Waals surface area contributed by atoms with Gasteiger partial charge in [0.15, 0.2) is 5.11 Å². The van der Waals surface area contributed by atoms with Crippen molar-refractivity contribution in [2.75, 3.05) is 24.4 Å². The highest BCUT2D eigenvalue weighted by Crippen LogP contribution is 2.32. The number of hydrogen-bond acceptors (Lipinski definition) is 4. The fourth-order valence-electron chi connectivity index (χ4n) is 3.90. The molecule has 6 nitrogen and oxygen atoms in total. The number of ether oxygens (including phenoxy) is 1. The number of nitrogens with zero attached hydrogens (tertiary/aromatic N) is 2. The average Bonchev–Trinajstić information content (AvgIpc) is 2.90. The van der Waals surface area contributed by atoms with Crippen LogP contribution in [0.3, 0.4) is 0 Å². The summed E-state index contributed by atoms with van der Waals surface area (Å²) in [6.45, 7) is 1.98. The lowest BCUT2D eigenvalue weighted by Gasteiger charge is -2.22. The largest absolute Gasteiger partial charge is 0.495 e. The number of aryl methyl sites for hydroxylation is 1. The maximum absolute atomic E-state index is 13.4. The number of aliphatic imine (C=N–C) groups is 1. The lowest BCUT2D eigenvalue weighted by molar-refractivity contribution is -0.119. The third kappa shape index (κ3) is 4.94. The van der Waals surface area contributed by atoms with Crippen molar-refractivity contribution in [3.8, 4) is 5.75 Å². The minimum Gasteiger partial charge on any atom is -0.495 e. The molecule has 1 aliphatic heterocycles. The van der Waals surface area contributed by atoms with Crippen LogP contribution in [0.4, 0.5) is 11.4 Å². The molecule has 4 rings (SSSR count). The number of halogens is 1. The Hall–Kier alpha value is -3.16. The lowest BCUT2D eigenvalue weighted by Crippen LogP contribution is -2.47. The van der Waals surface area contributed by atoms with Crippen molar-refractivity contribution in [2.24, 2.45) is 4.99 Å². The Balaban J connectivity index is 1.69. The molecule has 0 saturated carbocycles. The molecule has 0 radical (unpaired) electrons. The van der Waals surface area contributed by atoms with Crippen molar-refractivity contribution in [1.82, 2.24) is 5.32 Å². The van der Waals surface area contributed by atoms with Gasteiger partial charge in [0.1, 0.15) is 5.75 Å². The molecule has 0 spiro atoms. The molecular formula is C25H25ClN4O2S.